The van der Waals surface area contributed by atoms with Crippen molar-refractivity contribution in [2.24, 2.45) is 0 Å². The van der Waals surface area contributed by atoms with Crippen LogP contribution in [0.2, 0.25) is 5.02 Å². The molecule has 3 aromatic carbocycles. The molecule has 2 N–H and O–H groups in total. The number of urea groups is 1. The first kappa shape index (κ1) is 26.6. The highest BCUT2D eigenvalue weighted by Gasteiger charge is 2.33. The number of nitrogens with one attached hydrogen (secondary N) is 2. The minimum absolute atomic E-state index is 0.121. The van der Waals surface area contributed by atoms with Crippen LogP contribution >= 0.6 is 11.6 Å². The van der Waals surface area contributed by atoms with Gasteiger partial charge in [-0.15, -0.1) is 0 Å². The molecule has 5 rings (SSSR count). The molecular weight excluding hydrogens is 538 g/mol. The maximum absolute atomic E-state index is 14.5. The highest BCUT2D eigenvalue weighted by molar-refractivity contribution is 6.31. The summed E-state index contributed by atoms with van der Waals surface area (Å²) in [4.78, 5) is 23.8. The lowest BCUT2D eigenvalue weighted by Gasteiger charge is -2.14. The van der Waals surface area contributed by atoms with Crippen LogP contribution in [-0.4, -0.2) is 34.0 Å². The second-order valence-electron chi connectivity index (χ2n) is 9.01. The van der Waals surface area contributed by atoms with Gasteiger partial charge >= 0.3 is 12.2 Å². The summed E-state index contributed by atoms with van der Waals surface area (Å²) in [6.45, 7) is 2.75. The number of halogens is 5. The predicted octanol–water partition coefficient (Wildman–Crippen LogP) is 7.47. The molecule has 0 saturated carbocycles. The molecule has 0 bridgehead atoms. The van der Waals surface area contributed by atoms with Crippen LogP contribution in [0.15, 0.2) is 60.8 Å². The molecular formula is C27H22ClF4N5O2. The minimum atomic E-state index is -4.68. The monoisotopic (exact) mass is 559 g/mol. The first-order chi connectivity index (χ1) is 18.6. The molecule has 2 heterocycles. The normalized spacial score (nSPS) is 14.0. The third-order valence-corrected chi connectivity index (χ3v) is 6.42. The molecule has 2 amide bonds. The van der Waals surface area contributed by atoms with Gasteiger partial charge in [-0.2, -0.15) is 13.2 Å². The summed E-state index contributed by atoms with van der Waals surface area (Å²) in [7, 11) is 0. The van der Waals surface area contributed by atoms with Crippen LogP contribution < -0.4 is 15.4 Å². The molecule has 0 atom stereocenters. The van der Waals surface area contributed by atoms with Crippen molar-refractivity contribution in [1.29, 1.82) is 0 Å². The van der Waals surface area contributed by atoms with Gasteiger partial charge in [-0.05, 0) is 68.4 Å². The van der Waals surface area contributed by atoms with Crippen LogP contribution in [0.25, 0.3) is 11.0 Å². The standard InChI is InChI=1S/C27H22ClF4N5O2/c28-21-6-3-16(11-20(21)27(30,31)32)35-26(38)36-17-4-7-22(29)25(12-17)39-19-5-8-23-24(13-19)34-18(14-33-23)15-37-9-1-2-10-37/h3-8,11-14H,1-2,9-10,15H2,(H2,35,36,38). The summed E-state index contributed by atoms with van der Waals surface area (Å²) in [5.41, 5.74) is 1.04. The number of ether oxygens (including phenoxy) is 1. The van der Waals surface area contributed by atoms with E-state index in [4.69, 9.17) is 16.3 Å². The maximum atomic E-state index is 14.5. The van der Waals surface area contributed by atoms with Gasteiger partial charge in [0.1, 0.15) is 5.75 Å². The zero-order chi connectivity index (χ0) is 27.6. The Kier molecular flexibility index (Phi) is 7.53. The Labute approximate surface area is 225 Å². The number of benzene rings is 3. The SMILES string of the molecule is O=C(Nc1ccc(F)c(Oc2ccc3ncc(CN4CCCC4)nc3c2)c1)Nc1ccc(Cl)c(C(F)(F)F)c1. The fourth-order valence-electron chi connectivity index (χ4n) is 4.24. The number of rotatable bonds is 6. The van der Waals surface area contributed by atoms with Crippen molar-refractivity contribution < 1.29 is 27.1 Å². The van der Waals surface area contributed by atoms with Gasteiger partial charge in [-0.3, -0.25) is 9.88 Å². The van der Waals surface area contributed by atoms with E-state index in [0.717, 1.165) is 37.0 Å². The van der Waals surface area contributed by atoms with Crippen LogP contribution in [0.4, 0.5) is 33.7 Å². The first-order valence-corrected chi connectivity index (χ1v) is 12.4. The highest BCUT2D eigenvalue weighted by atomic mass is 35.5. The van der Waals surface area contributed by atoms with Gasteiger partial charge in [-0.25, -0.2) is 14.2 Å². The van der Waals surface area contributed by atoms with Crippen molar-refractivity contribution in [3.8, 4) is 11.5 Å². The van der Waals surface area contributed by atoms with Crippen LogP contribution in [0.3, 0.4) is 0 Å². The van der Waals surface area contributed by atoms with E-state index in [1.165, 1.54) is 31.0 Å². The fourth-order valence-corrected chi connectivity index (χ4v) is 4.46. The average molecular weight is 560 g/mol. The average Bonchev–Trinajstić information content (AvgIpc) is 3.39. The second-order valence-corrected chi connectivity index (χ2v) is 9.42. The van der Waals surface area contributed by atoms with Gasteiger partial charge in [0, 0.05) is 30.1 Å². The quantitative estimate of drug-likeness (QED) is 0.240. The Balaban J connectivity index is 1.29. The zero-order valence-electron chi connectivity index (χ0n) is 20.4. The number of hydrogen-bond donors (Lipinski definition) is 2. The molecule has 0 unspecified atom stereocenters. The van der Waals surface area contributed by atoms with Crippen LogP contribution in [0.1, 0.15) is 24.1 Å². The predicted molar refractivity (Wildman–Crippen MR) is 140 cm³/mol. The third kappa shape index (κ3) is 6.55. The van der Waals surface area contributed by atoms with E-state index in [1.54, 1.807) is 24.4 Å². The molecule has 1 fully saturated rings. The van der Waals surface area contributed by atoms with Crippen molar-refractivity contribution in [2.75, 3.05) is 23.7 Å². The van der Waals surface area contributed by atoms with E-state index in [1.807, 2.05) is 0 Å². The van der Waals surface area contributed by atoms with Crippen LogP contribution in [0, 0.1) is 5.82 Å². The van der Waals surface area contributed by atoms with Crippen LogP contribution in [-0.2, 0) is 12.7 Å². The van der Waals surface area contributed by atoms with Crippen molar-refractivity contribution in [3.05, 3.63) is 82.9 Å². The number of aromatic nitrogens is 2. The fraction of sp³-hybridized carbons (Fsp3) is 0.222. The van der Waals surface area contributed by atoms with E-state index in [-0.39, 0.29) is 17.1 Å². The van der Waals surface area contributed by atoms with E-state index < -0.39 is 28.6 Å². The van der Waals surface area contributed by atoms with Crippen molar-refractivity contribution in [2.45, 2.75) is 25.6 Å². The number of likely N-dealkylation sites (tertiary alicyclic amines) is 1. The van der Waals surface area contributed by atoms with E-state index in [0.29, 0.717) is 23.3 Å². The Morgan fingerprint density at radius 1 is 0.974 bits per heavy atom. The number of fused-ring (bicyclic) bond motifs is 1. The summed E-state index contributed by atoms with van der Waals surface area (Å²) in [6.07, 6.45) is -0.603. The summed E-state index contributed by atoms with van der Waals surface area (Å²) in [6, 6.07) is 10.8. The molecule has 0 radical (unpaired) electrons. The maximum Gasteiger partial charge on any atom is 0.417 e. The van der Waals surface area contributed by atoms with E-state index in [9.17, 15) is 22.4 Å². The van der Waals surface area contributed by atoms with Gasteiger partial charge in [0.25, 0.3) is 0 Å². The molecule has 0 spiro atoms. The van der Waals surface area contributed by atoms with Crippen molar-refractivity contribution >= 4 is 40.0 Å². The highest BCUT2D eigenvalue weighted by Crippen LogP contribution is 2.36. The number of hydrogen-bond acceptors (Lipinski definition) is 5. The van der Waals surface area contributed by atoms with Gasteiger partial charge in [-0.1, -0.05) is 11.6 Å². The zero-order valence-corrected chi connectivity index (χ0v) is 21.1. The molecule has 1 aliphatic rings. The molecule has 12 heteroatoms. The summed E-state index contributed by atoms with van der Waals surface area (Å²) in [5.74, 6) is -0.530. The van der Waals surface area contributed by atoms with Crippen molar-refractivity contribution in [3.63, 3.8) is 0 Å². The van der Waals surface area contributed by atoms with Crippen LogP contribution in [0.5, 0.6) is 11.5 Å². The number of amides is 2. The molecule has 1 aliphatic heterocycles. The van der Waals surface area contributed by atoms with Crippen molar-refractivity contribution in [1.82, 2.24) is 14.9 Å². The number of carbonyl (C=O) groups excluding carboxylic acids is 1. The molecule has 7 nitrogen and oxygen atoms in total. The number of anilines is 2. The summed E-state index contributed by atoms with van der Waals surface area (Å²) < 4.78 is 59.5. The molecule has 202 valence electrons. The smallest absolute Gasteiger partial charge is 0.417 e. The lowest BCUT2D eigenvalue weighted by Crippen LogP contribution is -2.20. The first-order valence-electron chi connectivity index (χ1n) is 12.0. The Morgan fingerprint density at radius 3 is 2.44 bits per heavy atom. The number of alkyl halides is 3. The molecule has 1 saturated heterocycles. The molecule has 1 aromatic heterocycles. The summed E-state index contributed by atoms with van der Waals surface area (Å²) in [5, 5.41) is 4.26. The van der Waals surface area contributed by atoms with E-state index >= 15 is 0 Å². The lowest BCUT2D eigenvalue weighted by molar-refractivity contribution is -0.137. The lowest BCUT2D eigenvalue weighted by atomic mass is 10.2. The number of carbonyl (C=O) groups is 1. The summed E-state index contributed by atoms with van der Waals surface area (Å²) >= 11 is 5.61. The Hall–Kier alpha value is -3.96. The molecule has 4 aromatic rings. The third-order valence-electron chi connectivity index (χ3n) is 6.09. The topological polar surface area (TPSA) is 79.4 Å². The van der Waals surface area contributed by atoms with Gasteiger partial charge in [0.05, 0.1) is 33.5 Å². The Bertz CT molecular complexity index is 1530. The molecule has 39 heavy (non-hydrogen) atoms. The molecule has 0 aliphatic carbocycles. The number of nitrogens with zero attached hydrogens (tertiary/aromatic N) is 3. The second kappa shape index (κ2) is 11.0. The minimum Gasteiger partial charge on any atom is -0.454 e. The van der Waals surface area contributed by atoms with Gasteiger partial charge < -0.3 is 15.4 Å². The largest absolute Gasteiger partial charge is 0.454 e. The van der Waals surface area contributed by atoms with E-state index in [2.05, 4.69) is 25.5 Å². The Morgan fingerprint density at radius 2 is 1.69 bits per heavy atom. The van der Waals surface area contributed by atoms with Gasteiger partial charge in [0.2, 0.25) is 0 Å². The van der Waals surface area contributed by atoms with Gasteiger partial charge in [0.15, 0.2) is 11.6 Å².